The number of nitrogen functional groups attached to an aromatic ring is 1. The Morgan fingerprint density at radius 2 is 1.69 bits per heavy atom. The van der Waals surface area contributed by atoms with E-state index >= 15 is 0 Å². The maximum Gasteiger partial charge on any atom is 0.268 e. The van der Waals surface area contributed by atoms with Gasteiger partial charge in [-0.05, 0) is 17.2 Å². The maximum atomic E-state index is 12.0. The van der Waals surface area contributed by atoms with Gasteiger partial charge < -0.3 is 10.7 Å². The van der Waals surface area contributed by atoms with Crippen LogP contribution < -0.4 is 11.3 Å². The van der Waals surface area contributed by atoms with Gasteiger partial charge in [-0.3, -0.25) is 9.78 Å². The molecule has 126 valence electrons. The summed E-state index contributed by atoms with van der Waals surface area (Å²) in [5.74, 6) is 0.332. The van der Waals surface area contributed by atoms with Crippen LogP contribution in [0.15, 0.2) is 47.4 Å². The van der Waals surface area contributed by atoms with Gasteiger partial charge in [0.15, 0.2) is 0 Å². The molecule has 0 aliphatic carbocycles. The summed E-state index contributed by atoms with van der Waals surface area (Å²) in [4.78, 5) is 18.7. The van der Waals surface area contributed by atoms with Crippen molar-refractivity contribution in [3.8, 4) is 34.5 Å². The quantitative estimate of drug-likeness (QED) is 0.694. The highest BCUT2D eigenvalue weighted by atomic mass is 35.5. The number of nitrogens with two attached hydrogens (primary N) is 1. The lowest BCUT2D eigenvalue weighted by atomic mass is 9.95. The van der Waals surface area contributed by atoms with E-state index in [0.717, 1.165) is 16.8 Å². The van der Waals surface area contributed by atoms with Crippen LogP contribution in [0.4, 0.5) is 5.82 Å². The Kier molecular flexibility index (Phi) is 4.70. The molecule has 3 aromatic rings. The number of nitrogens with zero attached hydrogens (tertiary/aromatic N) is 3. The van der Waals surface area contributed by atoms with E-state index < -0.39 is 5.56 Å². The highest BCUT2D eigenvalue weighted by Gasteiger charge is 2.18. The van der Waals surface area contributed by atoms with Crippen LogP contribution in [0.3, 0.4) is 0 Å². The molecule has 3 rings (SSSR count). The van der Waals surface area contributed by atoms with Crippen LogP contribution in [-0.4, -0.2) is 9.97 Å². The number of hydrogen-bond donors (Lipinski definition) is 2. The fraction of sp³-hybridized carbons (Fsp3) is 0.0526. The Morgan fingerprint density at radius 3 is 2.23 bits per heavy atom. The van der Waals surface area contributed by atoms with Crippen molar-refractivity contribution in [3.05, 3.63) is 69.6 Å². The van der Waals surface area contributed by atoms with Crippen molar-refractivity contribution in [1.29, 1.82) is 10.5 Å². The number of nitrogens with one attached hydrogen (secondary N) is 1. The van der Waals surface area contributed by atoms with Crippen LogP contribution in [0.1, 0.15) is 16.7 Å². The minimum Gasteiger partial charge on any atom is -0.384 e. The third kappa shape index (κ3) is 3.02. The average molecular weight is 362 g/mol. The number of hydrogen-bond acceptors (Lipinski definition) is 5. The molecule has 0 atom stereocenters. The van der Waals surface area contributed by atoms with E-state index in [1.807, 2.05) is 24.3 Å². The zero-order valence-corrected chi connectivity index (χ0v) is 14.2. The third-order valence-corrected chi connectivity index (χ3v) is 4.23. The first-order chi connectivity index (χ1) is 12.6. The lowest BCUT2D eigenvalue weighted by molar-refractivity contribution is 1.21. The van der Waals surface area contributed by atoms with Gasteiger partial charge in [0, 0.05) is 23.2 Å². The summed E-state index contributed by atoms with van der Waals surface area (Å²) < 4.78 is 0. The van der Waals surface area contributed by atoms with Gasteiger partial charge in [-0.15, -0.1) is 11.6 Å². The summed E-state index contributed by atoms with van der Waals surface area (Å²) in [5.41, 5.74) is 8.35. The van der Waals surface area contributed by atoms with E-state index in [0.29, 0.717) is 11.4 Å². The fourth-order valence-electron chi connectivity index (χ4n) is 2.61. The average Bonchev–Trinajstić information content (AvgIpc) is 2.68. The van der Waals surface area contributed by atoms with E-state index in [4.69, 9.17) is 17.3 Å². The number of benzene rings is 1. The van der Waals surface area contributed by atoms with Crippen LogP contribution in [0, 0.1) is 22.7 Å². The number of H-pyrrole nitrogens is 1. The molecule has 1 aromatic carbocycles. The highest BCUT2D eigenvalue weighted by Crippen LogP contribution is 2.29. The molecule has 0 unspecified atom stereocenters. The lowest BCUT2D eigenvalue weighted by Crippen LogP contribution is -2.16. The molecule has 6 nitrogen and oxygen atoms in total. The van der Waals surface area contributed by atoms with Crippen LogP contribution in [0.5, 0.6) is 0 Å². The molecule has 0 aliphatic heterocycles. The summed E-state index contributed by atoms with van der Waals surface area (Å²) in [6, 6.07) is 14.6. The molecular weight excluding hydrogens is 350 g/mol. The van der Waals surface area contributed by atoms with Crippen molar-refractivity contribution in [3.63, 3.8) is 0 Å². The van der Waals surface area contributed by atoms with E-state index in [9.17, 15) is 15.3 Å². The van der Waals surface area contributed by atoms with E-state index in [1.54, 1.807) is 30.5 Å². The molecule has 7 heteroatoms. The highest BCUT2D eigenvalue weighted by molar-refractivity contribution is 6.17. The fourth-order valence-corrected chi connectivity index (χ4v) is 2.77. The summed E-state index contributed by atoms with van der Waals surface area (Å²) in [7, 11) is 0. The monoisotopic (exact) mass is 361 g/mol. The molecule has 0 fully saturated rings. The minimum atomic E-state index is -0.624. The first kappa shape index (κ1) is 17.2. The molecule has 3 N–H and O–H groups in total. The Labute approximate surface area is 154 Å². The first-order valence-electron chi connectivity index (χ1n) is 7.56. The summed E-state index contributed by atoms with van der Waals surface area (Å²) in [5, 5.41) is 18.7. The van der Waals surface area contributed by atoms with Gasteiger partial charge in [-0.25, -0.2) is 0 Å². The SMILES string of the molecule is N#Cc1c(N)[nH]c(=O)c(C#N)c1-c1ccc(-c2ccc(CCl)cn2)cc1. The molecular formula is C19H12ClN5O. The van der Waals surface area contributed by atoms with Crippen LogP contribution in [-0.2, 0) is 5.88 Å². The first-order valence-corrected chi connectivity index (χ1v) is 8.10. The van der Waals surface area contributed by atoms with Gasteiger partial charge in [0.25, 0.3) is 5.56 Å². The van der Waals surface area contributed by atoms with Crippen molar-refractivity contribution in [2.75, 3.05) is 5.73 Å². The molecule has 0 bridgehead atoms. The molecule has 0 saturated heterocycles. The van der Waals surface area contributed by atoms with Crippen molar-refractivity contribution >= 4 is 17.4 Å². The normalized spacial score (nSPS) is 10.1. The maximum absolute atomic E-state index is 12.0. The molecule has 26 heavy (non-hydrogen) atoms. The zero-order valence-electron chi connectivity index (χ0n) is 13.5. The van der Waals surface area contributed by atoms with Gasteiger partial charge >= 0.3 is 0 Å². The summed E-state index contributed by atoms with van der Waals surface area (Å²) in [6.07, 6.45) is 1.70. The van der Waals surface area contributed by atoms with Crippen LogP contribution in [0.2, 0.25) is 0 Å². The standard InChI is InChI=1S/C19H12ClN5O/c20-7-11-1-6-16(24-10-11)12-2-4-13(5-3-12)17-14(8-21)18(23)25-19(26)15(17)9-22/h1-6,10H,7H2,(H3,23,25,26). The topological polar surface area (TPSA) is 119 Å². The van der Waals surface area contributed by atoms with Crippen molar-refractivity contribution in [1.82, 2.24) is 9.97 Å². The second-order valence-electron chi connectivity index (χ2n) is 5.48. The number of halogens is 1. The number of alkyl halides is 1. The van der Waals surface area contributed by atoms with Crippen LogP contribution >= 0.6 is 11.6 Å². The molecule has 0 amide bonds. The number of pyridine rings is 2. The van der Waals surface area contributed by atoms with Crippen molar-refractivity contribution < 1.29 is 0 Å². The van der Waals surface area contributed by atoms with Gasteiger partial charge in [-0.2, -0.15) is 10.5 Å². The second kappa shape index (κ2) is 7.10. The summed E-state index contributed by atoms with van der Waals surface area (Å²) >= 11 is 5.77. The second-order valence-corrected chi connectivity index (χ2v) is 5.75. The number of aromatic amines is 1. The Balaban J connectivity index is 2.11. The number of anilines is 1. The Hall–Kier alpha value is -3.61. The Bertz CT molecular complexity index is 1100. The van der Waals surface area contributed by atoms with Gasteiger partial charge in [0.2, 0.25) is 0 Å². The molecule has 0 aliphatic rings. The van der Waals surface area contributed by atoms with Gasteiger partial charge in [0.05, 0.1) is 5.69 Å². The lowest BCUT2D eigenvalue weighted by Gasteiger charge is -2.09. The molecule has 0 radical (unpaired) electrons. The number of aromatic nitrogens is 2. The predicted octanol–water partition coefficient (Wildman–Crippen LogP) is 3.17. The number of rotatable bonds is 3. The minimum absolute atomic E-state index is 0.0612. The van der Waals surface area contributed by atoms with E-state index in [1.165, 1.54) is 0 Å². The predicted molar refractivity (Wildman–Crippen MR) is 99.1 cm³/mol. The van der Waals surface area contributed by atoms with Crippen molar-refractivity contribution in [2.24, 2.45) is 0 Å². The van der Waals surface area contributed by atoms with E-state index in [2.05, 4.69) is 9.97 Å². The van der Waals surface area contributed by atoms with Crippen LogP contribution in [0.25, 0.3) is 22.4 Å². The third-order valence-electron chi connectivity index (χ3n) is 3.92. The molecule has 2 heterocycles. The molecule has 0 saturated carbocycles. The van der Waals surface area contributed by atoms with Gasteiger partial charge in [0.1, 0.15) is 29.1 Å². The van der Waals surface area contributed by atoms with Gasteiger partial charge in [-0.1, -0.05) is 30.3 Å². The largest absolute Gasteiger partial charge is 0.384 e. The Morgan fingerprint density at radius 1 is 1.04 bits per heavy atom. The smallest absolute Gasteiger partial charge is 0.268 e. The summed E-state index contributed by atoms with van der Waals surface area (Å²) in [6.45, 7) is 0. The molecule has 0 spiro atoms. The number of nitriles is 2. The zero-order chi connectivity index (χ0) is 18.7. The van der Waals surface area contributed by atoms with E-state index in [-0.39, 0.29) is 22.5 Å². The molecule has 2 aromatic heterocycles. The van der Waals surface area contributed by atoms with Crippen molar-refractivity contribution in [2.45, 2.75) is 5.88 Å².